The second kappa shape index (κ2) is 11.8. The Hall–Kier alpha value is -0.770. The van der Waals surface area contributed by atoms with Gasteiger partial charge in [-0.3, -0.25) is 4.99 Å². The minimum absolute atomic E-state index is 0. The van der Waals surface area contributed by atoms with Gasteiger partial charge in [-0.1, -0.05) is 6.92 Å². The average molecular weight is 467 g/mol. The summed E-state index contributed by atoms with van der Waals surface area (Å²) in [6.07, 6.45) is 2.91. The molecular formula is C17H34IN5O2. The highest BCUT2D eigenvalue weighted by Crippen LogP contribution is 2.15. The molecule has 1 unspecified atom stereocenters. The average Bonchev–Trinajstić information content (AvgIpc) is 3.07. The van der Waals surface area contributed by atoms with E-state index in [0.717, 1.165) is 45.0 Å². The number of carbonyl (C=O) groups excluding carboxylic acids is 1. The summed E-state index contributed by atoms with van der Waals surface area (Å²) in [4.78, 5) is 20.3. The van der Waals surface area contributed by atoms with E-state index < -0.39 is 0 Å². The summed E-state index contributed by atoms with van der Waals surface area (Å²) in [7, 11) is 1.82. The molecule has 0 radical (unpaired) electrons. The monoisotopic (exact) mass is 467 g/mol. The van der Waals surface area contributed by atoms with Crippen molar-refractivity contribution in [2.75, 3.05) is 52.9 Å². The van der Waals surface area contributed by atoms with Crippen LogP contribution in [0, 0.1) is 5.92 Å². The zero-order chi connectivity index (χ0) is 17.4. The molecule has 0 aromatic carbocycles. The number of rotatable bonds is 5. The highest BCUT2D eigenvalue weighted by Gasteiger charge is 2.25. The first kappa shape index (κ1) is 22.3. The van der Waals surface area contributed by atoms with E-state index in [2.05, 4.69) is 27.4 Å². The Morgan fingerprint density at radius 3 is 2.48 bits per heavy atom. The molecule has 2 N–H and O–H groups in total. The summed E-state index contributed by atoms with van der Waals surface area (Å²) in [5.41, 5.74) is 0. The van der Waals surface area contributed by atoms with Gasteiger partial charge in [-0.15, -0.1) is 24.0 Å². The maximum absolute atomic E-state index is 11.7. The molecule has 2 heterocycles. The van der Waals surface area contributed by atoms with Gasteiger partial charge in [0.25, 0.3) is 0 Å². The molecule has 0 bridgehead atoms. The predicted molar refractivity (Wildman–Crippen MR) is 112 cm³/mol. The molecule has 2 aliphatic rings. The number of aliphatic imine (C=N–C) groups is 1. The number of piperidine rings is 1. The van der Waals surface area contributed by atoms with Gasteiger partial charge in [-0.2, -0.15) is 0 Å². The van der Waals surface area contributed by atoms with Crippen LogP contribution in [0.1, 0.15) is 33.1 Å². The lowest BCUT2D eigenvalue weighted by atomic mass is 10.1. The first-order valence-corrected chi connectivity index (χ1v) is 9.27. The van der Waals surface area contributed by atoms with Crippen molar-refractivity contribution in [2.45, 2.75) is 39.2 Å². The molecule has 2 aliphatic heterocycles. The molecule has 0 spiro atoms. The molecule has 2 rings (SSSR count). The van der Waals surface area contributed by atoms with Crippen molar-refractivity contribution in [1.29, 1.82) is 0 Å². The number of hydrogen-bond acceptors (Lipinski definition) is 4. The van der Waals surface area contributed by atoms with E-state index in [1.807, 2.05) is 14.0 Å². The number of halogens is 1. The molecule has 146 valence electrons. The van der Waals surface area contributed by atoms with Crippen LogP contribution in [-0.2, 0) is 4.74 Å². The van der Waals surface area contributed by atoms with Crippen LogP contribution < -0.4 is 10.6 Å². The third-order valence-electron chi connectivity index (χ3n) is 4.96. The minimum atomic E-state index is -0.194. The van der Waals surface area contributed by atoms with Gasteiger partial charge in [0, 0.05) is 39.3 Å². The van der Waals surface area contributed by atoms with Crippen molar-refractivity contribution in [1.82, 2.24) is 20.4 Å². The molecule has 7 nitrogen and oxygen atoms in total. The number of nitrogens with zero attached hydrogens (tertiary/aromatic N) is 3. The smallest absolute Gasteiger partial charge is 0.409 e. The van der Waals surface area contributed by atoms with Crippen molar-refractivity contribution in [3.63, 3.8) is 0 Å². The lowest BCUT2D eigenvalue weighted by Gasteiger charge is -2.32. The van der Waals surface area contributed by atoms with Crippen LogP contribution in [0.3, 0.4) is 0 Å². The predicted octanol–water partition coefficient (Wildman–Crippen LogP) is 1.73. The third-order valence-corrected chi connectivity index (χ3v) is 4.96. The summed E-state index contributed by atoms with van der Waals surface area (Å²) in [5, 5.41) is 6.96. The van der Waals surface area contributed by atoms with Gasteiger partial charge < -0.3 is 25.2 Å². The van der Waals surface area contributed by atoms with Crippen molar-refractivity contribution in [3.05, 3.63) is 0 Å². The van der Waals surface area contributed by atoms with Gasteiger partial charge in [-0.25, -0.2) is 4.79 Å². The molecule has 8 heteroatoms. The molecule has 0 aliphatic carbocycles. The molecule has 1 atom stereocenters. The first-order chi connectivity index (χ1) is 11.7. The molecule has 0 saturated carbocycles. The van der Waals surface area contributed by atoms with Crippen LogP contribution >= 0.6 is 24.0 Å². The van der Waals surface area contributed by atoms with Crippen LogP contribution in [0.2, 0.25) is 0 Å². The van der Waals surface area contributed by atoms with E-state index in [0.29, 0.717) is 18.6 Å². The Labute approximate surface area is 169 Å². The van der Waals surface area contributed by atoms with Crippen molar-refractivity contribution < 1.29 is 9.53 Å². The number of carbonyl (C=O) groups is 1. The van der Waals surface area contributed by atoms with Gasteiger partial charge in [-0.05, 0) is 45.2 Å². The highest BCUT2D eigenvalue weighted by molar-refractivity contribution is 14.0. The summed E-state index contributed by atoms with van der Waals surface area (Å²) in [6, 6.07) is 0.359. The van der Waals surface area contributed by atoms with Gasteiger partial charge >= 0.3 is 6.09 Å². The highest BCUT2D eigenvalue weighted by atomic mass is 127. The van der Waals surface area contributed by atoms with Crippen molar-refractivity contribution in [2.24, 2.45) is 10.9 Å². The Morgan fingerprint density at radius 2 is 1.92 bits per heavy atom. The minimum Gasteiger partial charge on any atom is -0.450 e. The van der Waals surface area contributed by atoms with Crippen LogP contribution in [0.4, 0.5) is 4.79 Å². The summed E-state index contributed by atoms with van der Waals surface area (Å²) in [6.45, 7) is 10.5. The quantitative estimate of drug-likeness (QED) is 0.366. The standard InChI is InChI=1S/C17H33N5O2.HI/c1-4-21-9-6-14(13-21)12-19-16(18-3)20-15-7-10-22(11-8-15)17(23)24-5-2;/h14-15H,4-13H2,1-3H3,(H2,18,19,20);1H. The van der Waals surface area contributed by atoms with E-state index in [-0.39, 0.29) is 30.1 Å². The van der Waals surface area contributed by atoms with E-state index in [1.54, 1.807) is 4.90 Å². The number of ether oxygens (including phenoxy) is 1. The van der Waals surface area contributed by atoms with Crippen molar-refractivity contribution >= 4 is 36.0 Å². The lowest BCUT2D eigenvalue weighted by molar-refractivity contribution is 0.0963. The second-order valence-corrected chi connectivity index (χ2v) is 6.61. The molecular weight excluding hydrogens is 433 g/mol. The number of amides is 1. The second-order valence-electron chi connectivity index (χ2n) is 6.61. The lowest BCUT2D eigenvalue weighted by Crippen LogP contribution is -2.50. The molecule has 2 fully saturated rings. The van der Waals surface area contributed by atoms with Gasteiger partial charge in [0.15, 0.2) is 5.96 Å². The Kier molecular flexibility index (Phi) is 10.5. The topological polar surface area (TPSA) is 69.2 Å². The molecule has 0 aromatic heterocycles. The van der Waals surface area contributed by atoms with Crippen LogP contribution in [0.5, 0.6) is 0 Å². The fraction of sp³-hybridized carbons (Fsp3) is 0.882. The maximum atomic E-state index is 11.7. The maximum Gasteiger partial charge on any atom is 0.409 e. The SMILES string of the molecule is CCOC(=O)N1CCC(NC(=NC)NCC2CCN(CC)C2)CC1.I. The molecule has 1 amide bonds. The number of guanidine groups is 1. The summed E-state index contributed by atoms with van der Waals surface area (Å²) >= 11 is 0. The largest absolute Gasteiger partial charge is 0.450 e. The Balaban J connectivity index is 0.00000312. The van der Waals surface area contributed by atoms with Gasteiger partial charge in [0.05, 0.1) is 6.61 Å². The van der Waals surface area contributed by atoms with Crippen LogP contribution in [0.25, 0.3) is 0 Å². The molecule has 2 saturated heterocycles. The Morgan fingerprint density at radius 1 is 1.20 bits per heavy atom. The van der Waals surface area contributed by atoms with E-state index in [4.69, 9.17) is 4.74 Å². The van der Waals surface area contributed by atoms with Crippen LogP contribution in [0.15, 0.2) is 4.99 Å². The summed E-state index contributed by atoms with van der Waals surface area (Å²) in [5.74, 6) is 1.58. The summed E-state index contributed by atoms with van der Waals surface area (Å²) < 4.78 is 5.06. The first-order valence-electron chi connectivity index (χ1n) is 9.27. The van der Waals surface area contributed by atoms with Crippen molar-refractivity contribution in [3.8, 4) is 0 Å². The number of hydrogen-bond donors (Lipinski definition) is 2. The van der Waals surface area contributed by atoms with Crippen LogP contribution in [-0.4, -0.2) is 80.8 Å². The fourth-order valence-electron chi connectivity index (χ4n) is 3.42. The van der Waals surface area contributed by atoms with E-state index >= 15 is 0 Å². The van der Waals surface area contributed by atoms with E-state index in [9.17, 15) is 4.79 Å². The zero-order valence-corrected chi connectivity index (χ0v) is 18.1. The molecule has 0 aromatic rings. The van der Waals surface area contributed by atoms with Gasteiger partial charge in [0.2, 0.25) is 0 Å². The molecule has 25 heavy (non-hydrogen) atoms. The fourth-order valence-corrected chi connectivity index (χ4v) is 3.42. The number of likely N-dealkylation sites (tertiary alicyclic amines) is 2. The Bertz CT molecular complexity index is 427. The third kappa shape index (κ3) is 7.16. The normalized spacial score (nSPS) is 22.4. The van der Waals surface area contributed by atoms with E-state index in [1.165, 1.54) is 19.5 Å². The zero-order valence-electron chi connectivity index (χ0n) is 15.8. The number of nitrogens with one attached hydrogen (secondary N) is 2. The van der Waals surface area contributed by atoms with Gasteiger partial charge in [0.1, 0.15) is 0 Å².